The molecule has 0 spiro atoms. The van der Waals surface area contributed by atoms with Crippen LogP contribution in [0.4, 0.5) is 4.79 Å². The van der Waals surface area contributed by atoms with E-state index < -0.39 is 9.84 Å². The molecule has 0 aromatic heterocycles. The highest BCUT2D eigenvalue weighted by molar-refractivity contribution is 7.94. The van der Waals surface area contributed by atoms with E-state index in [0.29, 0.717) is 0 Å². The van der Waals surface area contributed by atoms with Crippen molar-refractivity contribution < 1.29 is 13.2 Å². The average Bonchev–Trinajstić information content (AvgIpc) is 2.30. The fourth-order valence-corrected chi connectivity index (χ4v) is 2.19. The first kappa shape index (κ1) is 10.0. The quantitative estimate of drug-likeness (QED) is 0.630. The Hall–Kier alpha value is -1.04. The Morgan fingerprint density at radius 2 is 2.15 bits per heavy atom. The van der Waals surface area contributed by atoms with Crippen molar-refractivity contribution in [2.45, 2.75) is 6.04 Å². The number of carbonyl (C=O) groups is 1. The molecule has 1 heterocycles. The molecule has 74 valence electrons. The molecule has 0 aromatic carbocycles. The minimum Gasteiger partial charge on any atom is -0.331 e. The number of hydrogen-bond acceptors (Lipinski definition) is 3. The van der Waals surface area contributed by atoms with E-state index in [2.05, 4.69) is 5.32 Å². The molecule has 1 atom stereocenters. The Kier molecular flexibility index (Phi) is 2.60. The standard InChI is InChI=1S/C7H12N2O3S/c1-9(2)7(10)8-6-3-4-13(11,12)5-6/h3-4,6H,5H2,1-2H3,(H,8,10)/t6-/m1/s1. The molecule has 1 N–H and O–H groups in total. The smallest absolute Gasteiger partial charge is 0.317 e. The van der Waals surface area contributed by atoms with E-state index in [0.717, 1.165) is 5.41 Å². The summed E-state index contributed by atoms with van der Waals surface area (Å²) in [6.45, 7) is 0. The summed E-state index contributed by atoms with van der Waals surface area (Å²) in [5.41, 5.74) is 0. The summed E-state index contributed by atoms with van der Waals surface area (Å²) in [6.07, 6.45) is 1.48. The highest BCUT2D eigenvalue weighted by Crippen LogP contribution is 2.07. The molecular formula is C7H12N2O3S. The molecule has 0 aliphatic carbocycles. The summed E-state index contributed by atoms with van der Waals surface area (Å²) < 4.78 is 21.9. The maximum atomic E-state index is 11.1. The van der Waals surface area contributed by atoms with Crippen LogP contribution in [0, 0.1) is 0 Å². The van der Waals surface area contributed by atoms with Crippen LogP contribution in [0.3, 0.4) is 0 Å². The number of amides is 2. The number of nitrogens with one attached hydrogen (secondary N) is 1. The molecule has 1 aliphatic rings. The fourth-order valence-electron chi connectivity index (χ4n) is 0.953. The van der Waals surface area contributed by atoms with Gasteiger partial charge in [0.1, 0.15) is 0 Å². The lowest BCUT2D eigenvalue weighted by Gasteiger charge is -2.14. The summed E-state index contributed by atoms with van der Waals surface area (Å²) in [6, 6.07) is -0.674. The van der Waals surface area contributed by atoms with E-state index in [1.807, 2.05) is 0 Å². The molecule has 6 heteroatoms. The third kappa shape index (κ3) is 2.73. The van der Waals surface area contributed by atoms with Crippen molar-refractivity contribution in [1.82, 2.24) is 10.2 Å². The van der Waals surface area contributed by atoms with E-state index in [1.165, 1.54) is 11.0 Å². The van der Waals surface area contributed by atoms with Gasteiger partial charge in [0.05, 0.1) is 11.8 Å². The molecule has 2 amide bonds. The van der Waals surface area contributed by atoms with E-state index in [4.69, 9.17) is 0 Å². The van der Waals surface area contributed by atoms with Gasteiger partial charge in [-0.2, -0.15) is 0 Å². The Morgan fingerprint density at radius 3 is 2.54 bits per heavy atom. The van der Waals surface area contributed by atoms with Gasteiger partial charge < -0.3 is 10.2 Å². The van der Waals surface area contributed by atoms with Crippen molar-refractivity contribution in [3.8, 4) is 0 Å². The zero-order chi connectivity index (χ0) is 10.1. The Bertz CT molecular complexity index is 332. The van der Waals surface area contributed by atoms with E-state index >= 15 is 0 Å². The van der Waals surface area contributed by atoms with Crippen LogP contribution in [0.25, 0.3) is 0 Å². The highest BCUT2D eigenvalue weighted by Gasteiger charge is 2.23. The Balaban J connectivity index is 2.52. The van der Waals surface area contributed by atoms with Crippen LogP contribution in [-0.4, -0.2) is 45.2 Å². The zero-order valence-corrected chi connectivity index (χ0v) is 8.34. The average molecular weight is 204 g/mol. The number of urea groups is 1. The van der Waals surface area contributed by atoms with Crippen LogP contribution in [-0.2, 0) is 9.84 Å². The summed E-state index contributed by atoms with van der Waals surface area (Å²) in [5, 5.41) is 3.69. The van der Waals surface area contributed by atoms with Crippen LogP contribution in [0.2, 0.25) is 0 Å². The fraction of sp³-hybridized carbons (Fsp3) is 0.571. The number of sulfone groups is 1. The van der Waals surface area contributed by atoms with Crippen LogP contribution in [0.5, 0.6) is 0 Å². The summed E-state index contributed by atoms with van der Waals surface area (Å²) >= 11 is 0. The molecule has 13 heavy (non-hydrogen) atoms. The maximum absolute atomic E-state index is 11.1. The molecule has 0 unspecified atom stereocenters. The molecule has 0 saturated carbocycles. The molecule has 1 aliphatic heterocycles. The zero-order valence-electron chi connectivity index (χ0n) is 7.52. The second-order valence-corrected chi connectivity index (χ2v) is 5.04. The Morgan fingerprint density at radius 1 is 1.54 bits per heavy atom. The van der Waals surface area contributed by atoms with E-state index in [9.17, 15) is 13.2 Å². The summed E-state index contributed by atoms with van der Waals surface area (Å²) in [7, 11) is 0.119. The SMILES string of the molecule is CN(C)C(=O)N[C@@H]1C=CS(=O)(=O)C1. The van der Waals surface area contributed by atoms with Gasteiger partial charge in [-0.15, -0.1) is 0 Å². The van der Waals surface area contributed by atoms with E-state index in [-0.39, 0.29) is 17.8 Å². The second-order valence-electron chi connectivity index (χ2n) is 3.11. The third-order valence-electron chi connectivity index (χ3n) is 1.65. The van der Waals surface area contributed by atoms with Crippen LogP contribution in [0.1, 0.15) is 0 Å². The number of carbonyl (C=O) groups excluding carboxylic acids is 1. The maximum Gasteiger partial charge on any atom is 0.317 e. The lowest BCUT2D eigenvalue weighted by atomic mass is 10.3. The van der Waals surface area contributed by atoms with Crippen LogP contribution >= 0.6 is 0 Å². The minimum atomic E-state index is -3.08. The lowest BCUT2D eigenvalue weighted by Crippen LogP contribution is -2.41. The predicted octanol–water partition coefficient (Wildman–Crippen LogP) is -0.432. The molecule has 0 saturated heterocycles. The number of hydrogen-bond donors (Lipinski definition) is 1. The molecule has 0 bridgehead atoms. The molecule has 0 fully saturated rings. The normalized spacial score (nSPS) is 24.3. The van der Waals surface area contributed by atoms with Gasteiger partial charge in [-0.3, -0.25) is 0 Å². The van der Waals surface area contributed by atoms with Gasteiger partial charge in [-0.1, -0.05) is 0 Å². The van der Waals surface area contributed by atoms with Crippen molar-refractivity contribution in [3.05, 3.63) is 11.5 Å². The van der Waals surface area contributed by atoms with Crippen molar-refractivity contribution in [2.24, 2.45) is 0 Å². The topological polar surface area (TPSA) is 66.5 Å². The van der Waals surface area contributed by atoms with Crippen molar-refractivity contribution in [3.63, 3.8) is 0 Å². The third-order valence-corrected chi connectivity index (χ3v) is 3.04. The first-order valence-corrected chi connectivity index (χ1v) is 5.51. The lowest BCUT2D eigenvalue weighted by molar-refractivity contribution is 0.216. The van der Waals surface area contributed by atoms with Crippen molar-refractivity contribution >= 4 is 15.9 Å². The molecule has 0 aromatic rings. The summed E-state index contributed by atoms with van der Waals surface area (Å²) in [4.78, 5) is 12.5. The molecule has 5 nitrogen and oxygen atoms in total. The summed E-state index contributed by atoms with van der Waals surface area (Å²) in [5.74, 6) is -0.0351. The first-order valence-electron chi connectivity index (χ1n) is 3.79. The Labute approximate surface area is 77.3 Å². The van der Waals surface area contributed by atoms with Crippen LogP contribution in [0.15, 0.2) is 11.5 Å². The predicted molar refractivity (Wildman–Crippen MR) is 48.9 cm³/mol. The van der Waals surface area contributed by atoms with E-state index in [1.54, 1.807) is 14.1 Å². The molecule has 1 rings (SSSR count). The first-order chi connectivity index (χ1) is 5.91. The van der Waals surface area contributed by atoms with Crippen molar-refractivity contribution in [1.29, 1.82) is 0 Å². The van der Waals surface area contributed by atoms with Gasteiger partial charge in [0, 0.05) is 19.5 Å². The number of rotatable bonds is 1. The monoisotopic (exact) mass is 204 g/mol. The van der Waals surface area contributed by atoms with Gasteiger partial charge in [-0.25, -0.2) is 13.2 Å². The molecular weight excluding hydrogens is 192 g/mol. The largest absolute Gasteiger partial charge is 0.331 e. The van der Waals surface area contributed by atoms with Crippen LogP contribution < -0.4 is 5.32 Å². The van der Waals surface area contributed by atoms with Gasteiger partial charge in [-0.05, 0) is 6.08 Å². The number of nitrogens with zero attached hydrogens (tertiary/aromatic N) is 1. The highest BCUT2D eigenvalue weighted by atomic mass is 32.2. The van der Waals surface area contributed by atoms with Gasteiger partial charge in [0.15, 0.2) is 9.84 Å². The van der Waals surface area contributed by atoms with Gasteiger partial charge in [0.25, 0.3) is 0 Å². The van der Waals surface area contributed by atoms with Gasteiger partial charge in [0.2, 0.25) is 0 Å². The van der Waals surface area contributed by atoms with Crippen molar-refractivity contribution in [2.75, 3.05) is 19.8 Å². The minimum absolute atomic E-state index is 0.0351. The second kappa shape index (κ2) is 3.37. The van der Waals surface area contributed by atoms with Gasteiger partial charge >= 0.3 is 6.03 Å². The molecule has 0 radical (unpaired) electrons.